The lowest BCUT2D eigenvalue weighted by molar-refractivity contribution is -0.134. The summed E-state index contributed by atoms with van der Waals surface area (Å²) in [5, 5.41) is 6.13. The summed E-state index contributed by atoms with van der Waals surface area (Å²) in [4.78, 5) is 25.5. The first-order valence-electron chi connectivity index (χ1n) is 6.59. The van der Waals surface area contributed by atoms with E-state index in [1.165, 1.54) is 7.11 Å². The summed E-state index contributed by atoms with van der Waals surface area (Å²) in [5.41, 5.74) is 0. The molecule has 1 atom stereocenters. The number of thioether (sulfide) groups is 1. The van der Waals surface area contributed by atoms with Crippen LogP contribution in [-0.4, -0.2) is 67.2 Å². The van der Waals surface area contributed by atoms with Crippen LogP contribution in [0.3, 0.4) is 0 Å². The maximum atomic E-state index is 12.2. The fourth-order valence-corrected chi connectivity index (χ4v) is 3.35. The van der Waals surface area contributed by atoms with Gasteiger partial charge in [0, 0.05) is 37.9 Å². The van der Waals surface area contributed by atoms with E-state index in [0.717, 1.165) is 37.6 Å². The van der Waals surface area contributed by atoms with Crippen molar-refractivity contribution in [1.82, 2.24) is 15.5 Å². The molecule has 108 valence electrons. The average Bonchev–Trinajstić information content (AvgIpc) is 2.93. The topological polar surface area (TPSA) is 70.7 Å². The number of rotatable bonds is 4. The van der Waals surface area contributed by atoms with Gasteiger partial charge in [0.1, 0.15) is 6.61 Å². The smallest absolute Gasteiger partial charge is 0.246 e. The van der Waals surface area contributed by atoms with Gasteiger partial charge >= 0.3 is 0 Å². The van der Waals surface area contributed by atoms with E-state index in [-0.39, 0.29) is 30.5 Å². The minimum atomic E-state index is -0.0823. The van der Waals surface area contributed by atoms with Gasteiger partial charge in [-0.1, -0.05) is 0 Å². The van der Waals surface area contributed by atoms with Crippen LogP contribution in [0.15, 0.2) is 0 Å². The van der Waals surface area contributed by atoms with E-state index in [9.17, 15) is 9.59 Å². The van der Waals surface area contributed by atoms with E-state index in [1.807, 2.05) is 4.90 Å². The van der Waals surface area contributed by atoms with Crippen LogP contribution in [0.4, 0.5) is 0 Å². The number of amides is 2. The van der Waals surface area contributed by atoms with Crippen molar-refractivity contribution in [2.75, 3.05) is 38.4 Å². The molecule has 2 aliphatic heterocycles. The molecule has 19 heavy (non-hydrogen) atoms. The summed E-state index contributed by atoms with van der Waals surface area (Å²) in [6, 6.07) is 0.141. The zero-order valence-electron chi connectivity index (χ0n) is 11.2. The van der Waals surface area contributed by atoms with Crippen LogP contribution in [0.25, 0.3) is 0 Å². The minimum absolute atomic E-state index is 0.0235. The van der Waals surface area contributed by atoms with Crippen LogP contribution in [0.5, 0.6) is 0 Å². The molecule has 2 saturated heterocycles. The van der Waals surface area contributed by atoms with E-state index in [1.54, 1.807) is 11.8 Å². The van der Waals surface area contributed by atoms with Gasteiger partial charge in [-0.05, 0) is 12.8 Å². The standard InChI is InChI=1S/C12H21N3O3S/c1-18-6-11(16)14-9-2-4-15(5-3-9)12(17)10-7-19-8-13-10/h9-10,13H,2-8H2,1H3,(H,14,16). The Bertz CT molecular complexity index is 326. The van der Waals surface area contributed by atoms with Gasteiger partial charge in [-0.25, -0.2) is 0 Å². The molecule has 0 spiro atoms. The first kappa shape index (κ1) is 14.6. The summed E-state index contributed by atoms with van der Waals surface area (Å²) in [5.74, 6) is 1.84. The summed E-state index contributed by atoms with van der Waals surface area (Å²) >= 11 is 1.76. The van der Waals surface area contributed by atoms with Crippen LogP contribution < -0.4 is 10.6 Å². The predicted octanol–water partition coefficient (Wildman–Crippen LogP) is -0.597. The molecule has 2 aliphatic rings. The van der Waals surface area contributed by atoms with Crippen LogP contribution in [-0.2, 0) is 14.3 Å². The number of ether oxygens (including phenoxy) is 1. The number of methoxy groups -OCH3 is 1. The van der Waals surface area contributed by atoms with E-state index in [4.69, 9.17) is 4.74 Å². The molecule has 2 amide bonds. The quantitative estimate of drug-likeness (QED) is 0.723. The predicted molar refractivity (Wildman–Crippen MR) is 73.9 cm³/mol. The van der Waals surface area contributed by atoms with Crippen molar-refractivity contribution < 1.29 is 14.3 Å². The normalized spacial score (nSPS) is 24.5. The Morgan fingerprint density at radius 2 is 2.16 bits per heavy atom. The maximum absolute atomic E-state index is 12.2. The van der Waals surface area contributed by atoms with Crippen molar-refractivity contribution in [3.63, 3.8) is 0 Å². The highest BCUT2D eigenvalue weighted by Gasteiger charge is 2.30. The number of likely N-dealkylation sites (tertiary alicyclic amines) is 1. The lowest BCUT2D eigenvalue weighted by Crippen LogP contribution is -2.51. The molecule has 1 unspecified atom stereocenters. The fraction of sp³-hybridized carbons (Fsp3) is 0.833. The van der Waals surface area contributed by atoms with Gasteiger partial charge < -0.3 is 15.0 Å². The van der Waals surface area contributed by atoms with Crippen molar-refractivity contribution in [3.8, 4) is 0 Å². The van der Waals surface area contributed by atoms with Gasteiger partial charge in [0.15, 0.2) is 0 Å². The van der Waals surface area contributed by atoms with E-state index in [0.29, 0.717) is 0 Å². The molecule has 2 heterocycles. The van der Waals surface area contributed by atoms with Crippen LogP contribution >= 0.6 is 11.8 Å². The Morgan fingerprint density at radius 3 is 2.74 bits per heavy atom. The number of carbonyl (C=O) groups is 2. The van der Waals surface area contributed by atoms with E-state index in [2.05, 4.69) is 10.6 Å². The zero-order chi connectivity index (χ0) is 13.7. The van der Waals surface area contributed by atoms with Crippen molar-refractivity contribution in [1.29, 1.82) is 0 Å². The Hall–Kier alpha value is -0.790. The molecule has 6 nitrogen and oxygen atoms in total. The molecule has 0 aromatic heterocycles. The van der Waals surface area contributed by atoms with Gasteiger partial charge in [-0.3, -0.25) is 14.9 Å². The van der Waals surface area contributed by atoms with Crippen LogP contribution in [0.1, 0.15) is 12.8 Å². The molecule has 0 aromatic rings. The molecule has 0 saturated carbocycles. The Balaban J connectivity index is 1.72. The summed E-state index contributed by atoms with van der Waals surface area (Å²) in [6.07, 6.45) is 1.64. The SMILES string of the molecule is COCC(=O)NC1CCN(C(=O)C2CSCN2)CC1. The molecule has 0 radical (unpaired) electrons. The molecule has 2 N–H and O–H groups in total. The fourth-order valence-electron chi connectivity index (χ4n) is 2.42. The number of nitrogens with one attached hydrogen (secondary N) is 2. The molecule has 0 aliphatic carbocycles. The highest BCUT2D eigenvalue weighted by Crippen LogP contribution is 2.16. The van der Waals surface area contributed by atoms with Gasteiger partial charge in [0.25, 0.3) is 0 Å². The van der Waals surface area contributed by atoms with Gasteiger partial charge in [0.2, 0.25) is 11.8 Å². The summed E-state index contributed by atoms with van der Waals surface area (Å²) < 4.78 is 4.78. The van der Waals surface area contributed by atoms with Crippen molar-refractivity contribution in [2.45, 2.75) is 24.9 Å². The number of hydrogen-bond donors (Lipinski definition) is 2. The number of carbonyl (C=O) groups excluding carboxylic acids is 2. The molecule has 2 fully saturated rings. The number of nitrogens with zero attached hydrogens (tertiary/aromatic N) is 1. The third-order valence-corrected chi connectivity index (χ3v) is 4.40. The third kappa shape index (κ3) is 4.09. The second-order valence-electron chi connectivity index (χ2n) is 4.87. The largest absolute Gasteiger partial charge is 0.375 e. The molecule has 7 heteroatoms. The first-order chi connectivity index (χ1) is 9.20. The third-order valence-electron chi connectivity index (χ3n) is 3.46. The van der Waals surface area contributed by atoms with E-state index >= 15 is 0 Å². The summed E-state index contributed by atoms with van der Waals surface area (Å²) in [6.45, 7) is 1.54. The lowest BCUT2D eigenvalue weighted by Gasteiger charge is -2.33. The van der Waals surface area contributed by atoms with Crippen molar-refractivity contribution in [2.24, 2.45) is 0 Å². The van der Waals surface area contributed by atoms with E-state index < -0.39 is 0 Å². The zero-order valence-corrected chi connectivity index (χ0v) is 12.0. The molecule has 2 rings (SSSR count). The molecular weight excluding hydrogens is 266 g/mol. The monoisotopic (exact) mass is 287 g/mol. The summed E-state index contributed by atoms with van der Waals surface area (Å²) in [7, 11) is 1.51. The minimum Gasteiger partial charge on any atom is -0.375 e. The lowest BCUT2D eigenvalue weighted by atomic mass is 10.0. The van der Waals surface area contributed by atoms with Crippen LogP contribution in [0, 0.1) is 0 Å². The first-order valence-corrected chi connectivity index (χ1v) is 7.74. The van der Waals surface area contributed by atoms with Gasteiger partial charge in [-0.15, -0.1) is 11.8 Å². The Morgan fingerprint density at radius 1 is 1.42 bits per heavy atom. The number of hydrogen-bond acceptors (Lipinski definition) is 5. The average molecular weight is 287 g/mol. The Labute approximate surface area is 117 Å². The van der Waals surface area contributed by atoms with Crippen molar-refractivity contribution in [3.05, 3.63) is 0 Å². The molecule has 0 bridgehead atoms. The highest BCUT2D eigenvalue weighted by molar-refractivity contribution is 7.99. The van der Waals surface area contributed by atoms with Gasteiger partial charge in [0.05, 0.1) is 6.04 Å². The van der Waals surface area contributed by atoms with Crippen LogP contribution in [0.2, 0.25) is 0 Å². The second kappa shape index (κ2) is 7.12. The molecular formula is C12H21N3O3S. The van der Waals surface area contributed by atoms with Crippen molar-refractivity contribution >= 4 is 23.6 Å². The Kier molecular flexibility index (Phi) is 5.47. The second-order valence-corrected chi connectivity index (χ2v) is 5.90. The maximum Gasteiger partial charge on any atom is 0.246 e. The molecule has 0 aromatic carbocycles. The number of piperidine rings is 1. The van der Waals surface area contributed by atoms with Gasteiger partial charge in [-0.2, -0.15) is 0 Å². The highest BCUT2D eigenvalue weighted by atomic mass is 32.2.